The average molecular weight is 391 g/mol. The number of anilines is 2. The summed E-state index contributed by atoms with van der Waals surface area (Å²) >= 11 is 8.36. The van der Waals surface area contributed by atoms with Gasteiger partial charge in [-0.15, -0.1) is 12.4 Å². The number of nitrogens with zero attached hydrogens (tertiary/aromatic N) is 2. The van der Waals surface area contributed by atoms with Crippen molar-refractivity contribution in [1.29, 1.82) is 0 Å². The van der Waals surface area contributed by atoms with Crippen molar-refractivity contribution in [1.82, 2.24) is 0 Å². The Kier molecular flexibility index (Phi) is 5.38. The van der Waals surface area contributed by atoms with E-state index in [0.29, 0.717) is 5.37 Å². The molecule has 0 aliphatic carbocycles. The number of rotatable bonds is 2. The van der Waals surface area contributed by atoms with Gasteiger partial charge in [0.1, 0.15) is 5.16 Å². The summed E-state index contributed by atoms with van der Waals surface area (Å²) < 4.78 is 0. The lowest BCUT2D eigenvalue weighted by atomic mass is 9.99. The molecular weight excluding hydrogens is 371 g/mol. The lowest BCUT2D eigenvalue weighted by molar-refractivity contribution is 0.878. The van der Waals surface area contributed by atoms with Gasteiger partial charge in [0, 0.05) is 29.7 Å². The van der Waals surface area contributed by atoms with E-state index in [0.717, 1.165) is 17.4 Å². The molecule has 0 radical (unpaired) electrons. The topological polar surface area (TPSA) is 6.48 Å². The van der Waals surface area contributed by atoms with Gasteiger partial charge >= 0.3 is 0 Å². The van der Waals surface area contributed by atoms with Crippen molar-refractivity contribution in [3.8, 4) is 0 Å². The molecule has 2 aliphatic heterocycles. The molecule has 0 bridgehead atoms. The Bertz CT molecular complexity index is 847. The van der Waals surface area contributed by atoms with E-state index in [9.17, 15) is 0 Å². The Labute approximate surface area is 164 Å². The monoisotopic (exact) mass is 390 g/mol. The summed E-state index contributed by atoms with van der Waals surface area (Å²) in [6.45, 7) is 3.19. The predicted octanol–water partition coefficient (Wildman–Crippen LogP) is 5.98. The molecule has 2 aromatic rings. The summed E-state index contributed by atoms with van der Waals surface area (Å²) in [7, 11) is 2.01. The first-order valence-electron chi connectivity index (χ1n) is 8.13. The molecule has 0 saturated carbocycles. The number of benzene rings is 2. The van der Waals surface area contributed by atoms with Crippen LogP contribution >= 0.6 is 35.8 Å². The van der Waals surface area contributed by atoms with Gasteiger partial charge in [-0.25, -0.2) is 0 Å². The Morgan fingerprint density at radius 2 is 1.76 bits per heavy atom. The summed E-state index contributed by atoms with van der Waals surface area (Å²) in [5.41, 5.74) is 4.90. The normalized spacial score (nSPS) is 20.0. The lowest BCUT2D eigenvalue weighted by Gasteiger charge is -2.28. The lowest BCUT2D eigenvalue weighted by Crippen LogP contribution is -2.27. The molecule has 0 aromatic heterocycles. The Morgan fingerprint density at radius 1 is 1.08 bits per heavy atom. The van der Waals surface area contributed by atoms with E-state index in [1.807, 2.05) is 23.7 Å². The van der Waals surface area contributed by atoms with Crippen LogP contribution in [-0.4, -0.2) is 19.0 Å². The number of allylic oxidation sites excluding steroid dienone is 2. The predicted molar refractivity (Wildman–Crippen MR) is 113 cm³/mol. The van der Waals surface area contributed by atoms with Crippen LogP contribution in [0, 0.1) is 0 Å². The van der Waals surface area contributed by atoms with E-state index in [2.05, 4.69) is 72.5 Å². The number of hydrogen-bond acceptors (Lipinski definition) is 3. The van der Waals surface area contributed by atoms with Crippen molar-refractivity contribution in [2.24, 2.45) is 0 Å². The number of hydrogen-bond donors (Lipinski definition) is 0. The molecule has 0 spiro atoms. The van der Waals surface area contributed by atoms with Crippen LogP contribution in [0.2, 0.25) is 0 Å². The molecule has 0 saturated heterocycles. The standard InChI is InChI=1S/C20H19ClN2S.ClH/c1-3-23-17-10-6-7-11-18(17)24-20(23)13-14-12-19(21)22(2)16-9-5-4-8-15(14)16;/h4-13,20H,3H2,1-2H3;1H. The van der Waals surface area contributed by atoms with Gasteiger partial charge in [-0.3, -0.25) is 0 Å². The van der Waals surface area contributed by atoms with E-state index in [4.69, 9.17) is 11.6 Å². The van der Waals surface area contributed by atoms with Crippen molar-refractivity contribution >= 4 is 52.7 Å². The summed E-state index contributed by atoms with van der Waals surface area (Å²) in [6, 6.07) is 17.0. The molecule has 0 fully saturated rings. The zero-order valence-corrected chi connectivity index (χ0v) is 16.5. The Hall–Kier alpha value is -1.55. The maximum atomic E-state index is 6.46. The number of fused-ring (bicyclic) bond motifs is 2. The van der Waals surface area contributed by atoms with Crippen LogP contribution in [0.5, 0.6) is 0 Å². The minimum Gasteiger partial charge on any atom is -0.355 e. The fourth-order valence-electron chi connectivity index (χ4n) is 3.32. The number of para-hydroxylation sites is 2. The van der Waals surface area contributed by atoms with Crippen molar-refractivity contribution in [2.75, 3.05) is 23.4 Å². The molecule has 25 heavy (non-hydrogen) atoms. The van der Waals surface area contributed by atoms with Gasteiger partial charge < -0.3 is 9.80 Å². The van der Waals surface area contributed by atoms with Crippen LogP contribution in [0.3, 0.4) is 0 Å². The van der Waals surface area contributed by atoms with Gasteiger partial charge in [-0.2, -0.15) is 0 Å². The van der Waals surface area contributed by atoms with Gasteiger partial charge in [-0.1, -0.05) is 53.7 Å². The molecule has 5 heteroatoms. The summed E-state index contributed by atoms with van der Waals surface area (Å²) in [6.07, 6.45) is 4.41. The van der Waals surface area contributed by atoms with Crippen molar-refractivity contribution < 1.29 is 0 Å². The van der Waals surface area contributed by atoms with Gasteiger partial charge in [0.2, 0.25) is 0 Å². The van der Waals surface area contributed by atoms with E-state index in [-0.39, 0.29) is 12.4 Å². The highest BCUT2D eigenvalue weighted by molar-refractivity contribution is 8.00. The highest BCUT2D eigenvalue weighted by Crippen LogP contribution is 2.45. The minimum absolute atomic E-state index is 0. The maximum Gasteiger partial charge on any atom is 0.109 e. The molecule has 2 aliphatic rings. The average Bonchev–Trinajstić information content (AvgIpc) is 2.96. The third kappa shape index (κ3) is 3.17. The highest BCUT2D eigenvalue weighted by Gasteiger charge is 2.28. The van der Waals surface area contributed by atoms with E-state index in [1.165, 1.54) is 21.7 Å². The highest BCUT2D eigenvalue weighted by atomic mass is 35.5. The first kappa shape index (κ1) is 18.2. The Morgan fingerprint density at radius 3 is 2.52 bits per heavy atom. The zero-order chi connectivity index (χ0) is 16.7. The molecule has 2 aromatic carbocycles. The minimum atomic E-state index is 0. The van der Waals surface area contributed by atoms with Gasteiger partial charge in [0.05, 0.1) is 11.1 Å². The van der Waals surface area contributed by atoms with Crippen LogP contribution in [0.25, 0.3) is 5.57 Å². The quantitative estimate of drug-likeness (QED) is 0.582. The van der Waals surface area contributed by atoms with Crippen molar-refractivity contribution in [3.05, 3.63) is 71.4 Å². The van der Waals surface area contributed by atoms with Gasteiger partial charge in [0.15, 0.2) is 0 Å². The molecule has 0 N–H and O–H groups in total. The number of likely N-dealkylation sites (N-methyl/N-ethyl adjacent to an activating group) is 1. The van der Waals surface area contributed by atoms with Crippen molar-refractivity contribution in [3.63, 3.8) is 0 Å². The number of thioether (sulfide) groups is 1. The molecule has 4 rings (SSSR count). The third-order valence-electron chi connectivity index (χ3n) is 4.56. The molecule has 2 heterocycles. The molecule has 1 atom stereocenters. The summed E-state index contributed by atoms with van der Waals surface area (Å²) in [5.74, 6) is 0. The second kappa shape index (κ2) is 7.36. The second-order valence-corrected chi connectivity index (χ2v) is 7.47. The fraction of sp³-hybridized carbons (Fsp3) is 0.200. The van der Waals surface area contributed by atoms with Crippen LogP contribution in [-0.2, 0) is 0 Å². The molecule has 2 nitrogen and oxygen atoms in total. The SMILES string of the molecule is CCN1c2ccccc2SC1C=C1C=C(Cl)N(C)c2ccccc21.Cl. The van der Waals surface area contributed by atoms with E-state index >= 15 is 0 Å². The second-order valence-electron chi connectivity index (χ2n) is 5.93. The summed E-state index contributed by atoms with van der Waals surface area (Å²) in [4.78, 5) is 5.82. The van der Waals surface area contributed by atoms with Crippen LogP contribution < -0.4 is 9.80 Å². The molecular formula is C20H20Cl2N2S. The molecule has 0 amide bonds. The first-order valence-corrected chi connectivity index (χ1v) is 9.39. The smallest absolute Gasteiger partial charge is 0.109 e. The van der Waals surface area contributed by atoms with Crippen LogP contribution in [0.4, 0.5) is 11.4 Å². The molecule has 1 unspecified atom stereocenters. The number of halogens is 2. The summed E-state index contributed by atoms with van der Waals surface area (Å²) in [5, 5.41) is 1.04. The van der Waals surface area contributed by atoms with Crippen molar-refractivity contribution in [2.45, 2.75) is 17.2 Å². The van der Waals surface area contributed by atoms with Gasteiger partial charge in [0.25, 0.3) is 0 Å². The van der Waals surface area contributed by atoms with Gasteiger partial charge in [-0.05, 0) is 42.8 Å². The largest absolute Gasteiger partial charge is 0.355 e. The zero-order valence-electron chi connectivity index (χ0n) is 14.1. The maximum absolute atomic E-state index is 6.46. The van der Waals surface area contributed by atoms with E-state index in [1.54, 1.807) is 0 Å². The third-order valence-corrected chi connectivity index (χ3v) is 6.16. The Balaban J connectivity index is 0.00000182. The fourth-order valence-corrected chi connectivity index (χ4v) is 4.86. The molecule has 130 valence electrons. The van der Waals surface area contributed by atoms with Crippen LogP contribution in [0.15, 0.2) is 70.7 Å². The van der Waals surface area contributed by atoms with E-state index < -0.39 is 0 Å². The first-order chi connectivity index (χ1) is 11.7. The van der Waals surface area contributed by atoms with Crippen LogP contribution in [0.1, 0.15) is 12.5 Å².